The Balaban J connectivity index is 1.72. The van der Waals surface area contributed by atoms with E-state index in [1.165, 1.54) is 26.4 Å². The predicted octanol–water partition coefficient (Wildman–Crippen LogP) is 3.89. The van der Waals surface area contributed by atoms with Gasteiger partial charge in [0.2, 0.25) is 0 Å². The lowest BCUT2D eigenvalue weighted by Crippen LogP contribution is -2.39. The number of carbonyl (C=O) groups excluding carboxylic acids is 2. The predicted molar refractivity (Wildman–Crippen MR) is 105 cm³/mol. The Morgan fingerprint density at radius 1 is 1.19 bits per heavy atom. The largest absolute Gasteiger partial charge is 0.465 e. The Morgan fingerprint density at radius 2 is 1.96 bits per heavy atom. The van der Waals surface area contributed by atoms with Crippen LogP contribution in [-0.2, 0) is 4.74 Å². The highest BCUT2D eigenvalue weighted by Crippen LogP contribution is 2.26. The molecule has 1 amide bonds. The minimum absolute atomic E-state index is 0.222. The van der Waals surface area contributed by atoms with Crippen LogP contribution < -0.4 is 10.2 Å². The van der Waals surface area contributed by atoms with E-state index in [9.17, 15) is 9.59 Å². The molecule has 1 aromatic heterocycles. The zero-order valence-electron chi connectivity index (χ0n) is 15.8. The van der Waals surface area contributed by atoms with E-state index in [0.717, 1.165) is 18.7 Å². The van der Waals surface area contributed by atoms with Crippen LogP contribution in [0.2, 0.25) is 0 Å². The average molecular weight is 367 g/mol. The Bertz CT molecular complexity index is 805. The highest BCUT2D eigenvalue weighted by molar-refractivity contribution is 6.04. The molecule has 6 heteroatoms. The molecule has 142 valence electrons. The van der Waals surface area contributed by atoms with Gasteiger partial charge in [0.15, 0.2) is 0 Å². The van der Waals surface area contributed by atoms with E-state index in [1.807, 2.05) is 12.3 Å². The topological polar surface area (TPSA) is 71.5 Å². The summed E-state index contributed by atoms with van der Waals surface area (Å²) < 4.78 is 4.68. The van der Waals surface area contributed by atoms with E-state index in [2.05, 4.69) is 26.9 Å². The molecule has 27 heavy (non-hydrogen) atoms. The van der Waals surface area contributed by atoms with Crippen molar-refractivity contribution in [1.29, 1.82) is 0 Å². The quantitative estimate of drug-likeness (QED) is 0.812. The first-order chi connectivity index (χ1) is 13.1. The summed E-state index contributed by atoms with van der Waals surface area (Å²) in [7, 11) is 1.34. The summed E-state index contributed by atoms with van der Waals surface area (Å²) in [6, 6.07) is 9.01. The molecule has 2 aromatic rings. The van der Waals surface area contributed by atoms with Gasteiger partial charge in [0.05, 0.1) is 30.1 Å². The molecule has 1 aromatic carbocycles. The van der Waals surface area contributed by atoms with Gasteiger partial charge in [0, 0.05) is 24.5 Å². The number of ether oxygens (including phenoxy) is 1. The molecule has 1 saturated heterocycles. The third-order valence-corrected chi connectivity index (χ3v) is 4.98. The molecule has 1 aliphatic rings. The summed E-state index contributed by atoms with van der Waals surface area (Å²) in [5, 5.41) is 2.85. The molecular formula is C21H25N3O3. The van der Waals surface area contributed by atoms with Crippen LogP contribution in [0.15, 0.2) is 42.7 Å². The van der Waals surface area contributed by atoms with E-state index in [4.69, 9.17) is 0 Å². The van der Waals surface area contributed by atoms with Crippen molar-refractivity contribution in [1.82, 2.24) is 4.98 Å². The van der Waals surface area contributed by atoms with Crippen molar-refractivity contribution in [2.75, 3.05) is 23.9 Å². The van der Waals surface area contributed by atoms with Crippen LogP contribution in [0.3, 0.4) is 0 Å². The highest BCUT2D eigenvalue weighted by atomic mass is 16.5. The van der Waals surface area contributed by atoms with Crippen LogP contribution >= 0.6 is 0 Å². The van der Waals surface area contributed by atoms with Gasteiger partial charge in [-0.05, 0) is 56.0 Å². The maximum absolute atomic E-state index is 12.6. The van der Waals surface area contributed by atoms with Crippen molar-refractivity contribution in [3.05, 3.63) is 53.9 Å². The van der Waals surface area contributed by atoms with E-state index in [0.29, 0.717) is 22.9 Å². The zero-order valence-corrected chi connectivity index (χ0v) is 15.8. The summed E-state index contributed by atoms with van der Waals surface area (Å²) in [6.07, 6.45) is 8.09. The summed E-state index contributed by atoms with van der Waals surface area (Å²) in [5.41, 5.74) is 2.57. The highest BCUT2D eigenvalue weighted by Gasteiger charge is 2.22. The van der Waals surface area contributed by atoms with Crippen LogP contribution in [0.4, 0.5) is 11.4 Å². The second-order valence-corrected chi connectivity index (χ2v) is 6.71. The third kappa shape index (κ3) is 4.45. The van der Waals surface area contributed by atoms with Crippen LogP contribution in [0, 0.1) is 0 Å². The fourth-order valence-electron chi connectivity index (χ4n) is 3.48. The molecule has 1 fully saturated rings. The minimum Gasteiger partial charge on any atom is -0.465 e. The maximum atomic E-state index is 12.6. The number of carbonyl (C=O) groups is 2. The van der Waals surface area contributed by atoms with Gasteiger partial charge in [-0.25, -0.2) is 4.79 Å². The zero-order chi connectivity index (χ0) is 19.2. The summed E-state index contributed by atoms with van der Waals surface area (Å²) in [6.45, 7) is 3.20. The van der Waals surface area contributed by atoms with Crippen molar-refractivity contribution < 1.29 is 14.3 Å². The number of hydrogen-bond donors (Lipinski definition) is 1. The second-order valence-electron chi connectivity index (χ2n) is 6.71. The number of aromatic nitrogens is 1. The number of hydrogen-bond acceptors (Lipinski definition) is 5. The van der Waals surface area contributed by atoms with Crippen molar-refractivity contribution in [3.8, 4) is 0 Å². The molecule has 3 rings (SSSR count). The molecule has 0 saturated carbocycles. The van der Waals surface area contributed by atoms with Crippen molar-refractivity contribution in [2.45, 2.75) is 38.6 Å². The smallest absolute Gasteiger partial charge is 0.337 e. The normalized spacial score (nSPS) is 16.7. The van der Waals surface area contributed by atoms with E-state index >= 15 is 0 Å². The number of esters is 1. The number of pyridine rings is 1. The number of nitrogens with one attached hydrogen (secondary N) is 1. The van der Waals surface area contributed by atoms with Gasteiger partial charge in [0.1, 0.15) is 0 Å². The van der Waals surface area contributed by atoms with Crippen LogP contribution in [-0.4, -0.2) is 36.6 Å². The van der Waals surface area contributed by atoms with Gasteiger partial charge in [-0.2, -0.15) is 0 Å². The molecule has 1 atom stereocenters. The lowest BCUT2D eigenvalue weighted by molar-refractivity contribution is 0.0600. The molecule has 0 aliphatic carbocycles. The van der Waals surface area contributed by atoms with Crippen LogP contribution in [0.25, 0.3) is 0 Å². The number of nitrogens with zero attached hydrogens (tertiary/aromatic N) is 2. The summed E-state index contributed by atoms with van der Waals surface area (Å²) in [4.78, 5) is 30.7. The second kappa shape index (κ2) is 8.66. The number of piperidine rings is 1. The fraction of sp³-hybridized carbons (Fsp3) is 0.381. The number of amides is 1. The average Bonchev–Trinajstić information content (AvgIpc) is 2.73. The lowest BCUT2D eigenvalue weighted by Gasteiger charge is -2.37. The molecule has 2 heterocycles. The minimum atomic E-state index is -0.406. The van der Waals surface area contributed by atoms with Crippen LogP contribution in [0.1, 0.15) is 53.3 Å². The van der Waals surface area contributed by atoms with E-state index in [-0.39, 0.29) is 5.91 Å². The van der Waals surface area contributed by atoms with Gasteiger partial charge in [0.25, 0.3) is 5.91 Å². The van der Waals surface area contributed by atoms with Gasteiger partial charge < -0.3 is 15.0 Å². The molecule has 1 aliphatic heterocycles. The van der Waals surface area contributed by atoms with Gasteiger partial charge >= 0.3 is 5.97 Å². The van der Waals surface area contributed by atoms with Crippen LogP contribution in [0.5, 0.6) is 0 Å². The molecule has 1 unspecified atom stereocenters. The van der Waals surface area contributed by atoms with E-state index < -0.39 is 5.97 Å². The third-order valence-electron chi connectivity index (χ3n) is 4.98. The number of methoxy groups -OCH3 is 1. The Labute approximate surface area is 159 Å². The van der Waals surface area contributed by atoms with E-state index in [1.54, 1.807) is 30.5 Å². The Morgan fingerprint density at radius 3 is 2.67 bits per heavy atom. The molecule has 6 nitrogen and oxygen atoms in total. The van der Waals surface area contributed by atoms with Crippen molar-refractivity contribution in [2.24, 2.45) is 0 Å². The van der Waals surface area contributed by atoms with Gasteiger partial charge in [-0.3, -0.25) is 9.78 Å². The first-order valence-electron chi connectivity index (χ1n) is 9.33. The Kier molecular flexibility index (Phi) is 6.06. The van der Waals surface area contributed by atoms with Gasteiger partial charge in [-0.1, -0.05) is 6.92 Å². The maximum Gasteiger partial charge on any atom is 0.337 e. The lowest BCUT2D eigenvalue weighted by atomic mass is 9.99. The molecule has 0 spiro atoms. The molecule has 0 bridgehead atoms. The standard InChI is InChI=1S/C21H25N3O3/c1-3-18-6-4-5-11-24(18)19-12-16(13-22-14-19)20(25)23-17-9-7-15(8-10-17)21(26)27-2/h7-10,12-14,18H,3-6,11H2,1-2H3,(H,23,25). The van der Waals surface area contributed by atoms with Gasteiger partial charge in [-0.15, -0.1) is 0 Å². The first kappa shape index (κ1) is 18.9. The number of rotatable bonds is 5. The first-order valence-corrected chi connectivity index (χ1v) is 9.33. The molecular weight excluding hydrogens is 342 g/mol. The van der Waals surface area contributed by atoms with Crippen molar-refractivity contribution in [3.63, 3.8) is 0 Å². The number of anilines is 2. The Hall–Kier alpha value is -2.89. The molecule has 0 radical (unpaired) electrons. The fourth-order valence-corrected chi connectivity index (χ4v) is 3.48. The molecule has 1 N–H and O–H groups in total. The summed E-state index contributed by atoms with van der Waals surface area (Å²) in [5.74, 6) is -0.628. The number of benzene rings is 1. The SMILES string of the molecule is CCC1CCCCN1c1cncc(C(=O)Nc2ccc(C(=O)OC)cc2)c1. The van der Waals surface area contributed by atoms with Crippen molar-refractivity contribution >= 4 is 23.3 Å². The monoisotopic (exact) mass is 367 g/mol. The summed E-state index contributed by atoms with van der Waals surface area (Å²) >= 11 is 0.